The third kappa shape index (κ3) is 7.44. The summed E-state index contributed by atoms with van der Waals surface area (Å²) >= 11 is 0. The predicted molar refractivity (Wildman–Crippen MR) is 341 cm³/mol. The molecule has 0 saturated heterocycles. The van der Waals surface area contributed by atoms with Gasteiger partial charge in [-0.25, -0.2) is 0 Å². The van der Waals surface area contributed by atoms with Crippen LogP contribution in [0.5, 0.6) is 0 Å². The van der Waals surface area contributed by atoms with Crippen molar-refractivity contribution < 1.29 is 4.42 Å². The number of benzene rings is 10. The molecule has 10 aromatic carbocycles. The highest BCUT2D eigenvalue weighted by molar-refractivity contribution is 6.15. The van der Waals surface area contributed by atoms with Crippen LogP contribution in [0.1, 0.15) is 54.6 Å². The van der Waals surface area contributed by atoms with Crippen LogP contribution in [0, 0.1) is 0 Å². The third-order valence-corrected chi connectivity index (χ3v) is 17.4. The van der Waals surface area contributed by atoms with Crippen LogP contribution in [0.3, 0.4) is 0 Å². The summed E-state index contributed by atoms with van der Waals surface area (Å²) in [6.45, 7) is 4.71. The highest BCUT2D eigenvalue weighted by atomic mass is 16.3. The number of hydrogen-bond acceptors (Lipinski definition) is 2. The lowest BCUT2D eigenvalue weighted by atomic mass is 9.82. The first kappa shape index (κ1) is 46.9. The zero-order valence-corrected chi connectivity index (χ0v) is 45.1. The van der Waals surface area contributed by atoms with Crippen molar-refractivity contribution >= 4 is 83.7 Å². The van der Waals surface area contributed by atoms with Crippen LogP contribution in [-0.4, -0.2) is 9.13 Å². The molecule has 3 aliphatic carbocycles. The fraction of sp³-hybridized carbons (Fsp3) is 0.0649. The van der Waals surface area contributed by atoms with Gasteiger partial charge >= 0.3 is 0 Å². The minimum absolute atomic E-state index is 0.134. The van der Waals surface area contributed by atoms with Gasteiger partial charge in [-0.2, -0.15) is 0 Å². The van der Waals surface area contributed by atoms with Gasteiger partial charge < -0.3 is 18.5 Å². The van der Waals surface area contributed by atoms with E-state index in [1.165, 1.54) is 77.5 Å². The van der Waals surface area contributed by atoms with E-state index in [2.05, 4.69) is 301 Å². The molecule has 0 radical (unpaired) electrons. The van der Waals surface area contributed by atoms with E-state index >= 15 is 0 Å². The van der Waals surface area contributed by atoms with Crippen LogP contribution < -0.4 is 4.90 Å². The summed E-state index contributed by atoms with van der Waals surface area (Å²) in [4.78, 5) is 2.41. The minimum atomic E-state index is -0.134. The fourth-order valence-electron chi connectivity index (χ4n) is 13.5. The average Bonchev–Trinajstić information content (AvgIpc) is 4.05. The number of hydrogen-bond donors (Lipinski definition) is 0. The molecule has 0 fully saturated rings. The highest BCUT2D eigenvalue weighted by Crippen LogP contribution is 2.51. The topological polar surface area (TPSA) is 26.2 Å². The van der Waals surface area contributed by atoms with Gasteiger partial charge in [0.05, 0.1) is 27.9 Å². The van der Waals surface area contributed by atoms with E-state index in [0.29, 0.717) is 0 Å². The predicted octanol–water partition coefficient (Wildman–Crippen LogP) is 20.8. The van der Waals surface area contributed by atoms with Gasteiger partial charge in [0.2, 0.25) is 0 Å². The Bertz CT molecular complexity index is 4880. The smallest absolute Gasteiger partial charge is 0.159 e. The zero-order valence-electron chi connectivity index (χ0n) is 45.1. The van der Waals surface area contributed by atoms with Gasteiger partial charge in [0.1, 0.15) is 5.58 Å². The second-order valence-corrected chi connectivity index (χ2v) is 22.3. The summed E-state index contributed by atoms with van der Waals surface area (Å²) in [6, 6.07) is 82.3. The van der Waals surface area contributed by atoms with Crippen LogP contribution in [0.25, 0.3) is 117 Å². The molecule has 3 heterocycles. The van der Waals surface area contributed by atoms with E-state index in [9.17, 15) is 0 Å². The van der Waals surface area contributed by atoms with E-state index in [-0.39, 0.29) is 5.41 Å². The van der Waals surface area contributed by atoms with Gasteiger partial charge in [-0.3, -0.25) is 0 Å². The van der Waals surface area contributed by atoms with E-state index < -0.39 is 0 Å². The zero-order chi connectivity index (χ0) is 53.8. The first-order valence-corrected chi connectivity index (χ1v) is 28.3. The molecule has 0 saturated carbocycles. The molecule has 0 aliphatic heterocycles. The maximum atomic E-state index is 7.24. The Morgan fingerprint density at radius 2 is 1.06 bits per heavy atom. The molecule has 0 spiro atoms. The molecular formula is C77H55N3O. The second kappa shape index (κ2) is 18.5. The van der Waals surface area contributed by atoms with Crippen LogP contribution >= 0.6 is 0 Å². The number of rotatable bonds is 8. The Labute approximate surface area is 471 Å². The monoisotopic (exact) mass is 1040 g/mol. The number of furan rings is 1. The lowest BCUT2D eigenvalue weighted by Gasteiger charge is -2.29. The van der Waals surface area contributed by atoms with Crippen molar-refractivity contribution in [3.63, 3.8) is 0 Å². The molecule has 3 aromatic heterocycles. The van der Waals surface area contributed by atoms with Crippen molar-refractivity contribution in [3.8, 4) is 44.8 Å². The highest BCUT2D eigenvalue weighted by Gasteiger charge is 2.36. The maximum Gasteiger partial charge on any atom is 0.159 e. The van der Waals surface area contributed by atoms with Crippen LogP contribution in [0.15, 0.2) is 271 Å². The molecule has 384 valence electrons. The number of nitrogens with zero attached hydrogens (tertiary/aromatic N) is 3. The van der Waals surface area contributed by atoms with Gasteiger partial charge in [-0.15, -0.1) is 0 Å². The Balaban J connectivity index is 0.790. The second-order valence-electron chi connectivity index (χ2n) is 22.3. The summed E-state index contributed by atoms with van der Waals surface area (Å²) in [7, 11) is 0. The molecule has 0 bridgehead atoms. The van der Waals surface area contributed by atoms with Gasteiger partial charge in [0.25, 0.3) is 0 Å². The first-order valence-electron chi connectivity index (χ1n) is 28.3. The normalized spacial score (nSPS) is 14.3. The summed E-state index contributed by atoms with van der Waals surface area (Å²) in [5.74, 6) is 0. The average molecular weight is 1040 g/mol. The Morgan fingerprint density at radius 3 is 1.90 bits per heavy atom. The van der Waals surface area contributed by atoms with E-state index in [0.717, 1.165) is 85.4 Å². The molecule has 4 heteroatoms. The summed E-state index contributed by atoms with van der Waals surface area (Å²) in [5, 5.41) is 5.83. The Hall–Kier alpha value is -10.2. The van der Waals surface area contributed by atoms with Crippen LogP contribution in [-0.2, 0) is 5.41 Å². The van der Waals surface area contributed by atoms with Gasteiger partial charge in [-0.1, -0.05) is 196 Å². The lowest BCUT2D eigenvalue weighted by Crippen LogP contribution is -2.18. The largest absolute Gasteiger partial charge is 0.453 e. The molecule has 81 heavy (non-hydrogen) atoms. The quantitative estimate of drug-likeness (QED) is 0.152. The van der Waals surface area contributed by atoms with E-state index in [1.807, 2.05) is 0 Å². The molecule has 0 unspecified atom stereocenters. The molecule has 3 aliphatic rings. The molecule has 4 nitrogen and oxygen atoms in total. The molecule has 0 atom stereocenters. The standard InChI is InChI=1S/C77H55N3O/c1-77(2)68-31-14-12-25-60(68)61-44-43-58(49-69(61)77)78(56-24-16-21-51(35-40-56)50-19-6-3-7-20-50)57-41-36-52(37-42-57)59-28-17-29-64-65-30-18-34-74(76(65)81-75(59)64)80-71-33-15-13-27-63(71)67-48-54(39-46-73(67)80)53-38-45-72-66(47-53)62-26-10-5-11-32-70(62)79(72)55-22-8-4-9-23-55/h3-4,6-20,22-49H,5,21H2,1-2H3. The molecule has 0 N–H and O–H groups in total. The van der Waals surface area contributed by atoms with Crippen molar-refractivity contribution in [1.29, 1.82) is 0 Å². The van der Waals surface area contributed by atoms with Crippen molar-refractivity contribution in [2.24, 2.45) is 0 Å². The molecule has 0 amide bonds. The number of aromatic nitrogens is 2. The number of para-hydroxylation sites is 4. The Morgan fingerprint density at radius 1 is 0.420 bits per heavy atom. The molecule has 16 rings (SSSR count). The van der Waals surface area contributed by atoms with Crippen molar-refractivity contribution in [1.82, 2.24) is 9.13 Å². The Kier molecular flexibility index (Phi) is 10.7. The van der Waals surface area contributed by atoms with Gasteiger partial charge in [-0.05, 0) is 154 Å². The molecular weight excluding hydrogens is 983 g/mol. The number of fused-ring (bicyclic) bond motifs is 12. The SMILES string of the molecule is CC1(C)c2ccccc2-c2ccc(N(C3=CC=C(c4ccccc4)CC=C3)c3ccc(-c4cccc5c4oc4c(-n6c7ccccc7c7cc(-c8ccc9c(c8)c8c(n9-c9ccccc9)C=CCC=C8)ccc76)cccc45)cc3)cc21. The van der Waals surface area contributed by atoms with Crippen LogP contribution in [0.2, 0.25) is 0 Å². The lowest BCUT2D eigenvalue weighted by molar-refractivity contribution is 0.660. The van der Waals surface area contributed by atoms with Crippen molar-refractivity contribution in [3.05, 3.63) is 295 Å². The number of allylic oxidation sites excluding steroid dienone is 7. The van der Waals surface area contributed by atoms with E-state index in [1.54, 1.807) is 0 Å². The van der Waals surface area contributed by atoms with E-state index in [4.69, 9.17) is 4.42 Å². The van der Waals surface area contributed by atoms with Crippen molar-refractivity contribution in [2.45, 2.75) is 32.1 Å². The van der Waals surface area contributed by atoms with Crippen molar-refractivity contribution in [2.75, 3.05) is 4.90 Å². The van der Waals surface area contributed by atoms with Gasteiger partial charge in [0.15, 0.2) is 5.58 Å². The first-order chi connectivity index (χ1) is 39.9. The summed E-state index contributed by atoms with van der Waals surface area (Å²) in [5.41, 5.74) is 25.5. The summed E-state index contributed by atoms with van der Waals surface area (Å²) < 4.78 is 12.0. The van der Waals surface area contributed by atoms with Gasteiger partial charge in [0, 0.05) is 66.2 Å². The van der Waals surface area contributed by atoms with Crippen LogP contribution in [0.4, 0.5) is 11.4 Å². The molecule has 13 aromatic rings. The fourth-order valence-corrected chi connectivity index (χ4v) is 13.5. The maximum absolute atomic E-state index is 7.24. The third-order valence-electron chi connectivity index (χ3n) is 17.4. The minimum Gasteiger partial charge on any atom is -0.453 e. The summed E-state index contributed by atoms with van der Waals surface area (Å²) in [6.07, 6.45) is 20.0. The number of anilines is 2.